The van der Waals surface area contributed by atoms with Crippen molar-refractivity contribution < 1.29 is 23.9 Å². The SMILES string of the molecule is CCC(=O)c1ccc(OCC(=O)OCC(=O)N[C@H](C)c2cccc3ccccc23)cc1. The first-order valence-corrected chi connectivity index (χ1v) is 10.2. The maximum absolute atomic E-state index is 12.2. The molecule has 0 spiro atoms. The van der Waals surface area contributed by atoms with E-state index in [9.17, 15) is 14.4 Å². The number of hydrogen-bond acceptors (Lipinski definition) is 5. The highest BCUT2D eigenvalue weighted by atomic mass is 16.6. The van der Waals surface area contributed by atoms with Crippen molar-refractivity contribution in [1.82, 2.24) is 5.32 Å². The molecule has 3 aromatic carbocycles. The van der Waals surface area contributed by atoms with Crippen molar-refractivity contribution in [3.8, 4) is 5.75 Å². The number of hydrogen-bond donors (Lipinski definition) is 1. The van der Waals surface area contributed by atoms with E-state index in [1.807, 2.05) is 49.4 Å². The number of ether oxygens (including phenoxy) is 2. The molecular formula is C25H25NO5. The maximum atomic E-state index is 12.2. The fraction of sp³-hybridized carbons (Fsp3) is 0.240. The molecule has 0 aromatic heterocycles. The number of benzene rings is 3. The standard InChI is InChI=1S/C25H25NO5/c1-3-23(27)19-11-13-20(14-12-19)30-16-25(29)31-15-24(28)26-17(2)21-10-6-8-18-7-4-5-9-22(18)21/h4-14,17H,3,15-16H2,1-2H3,(H,26,28)/t17-/m1/s1. The summed E-state index contributed by atoms with van der Waals surface area (Å²) in [6.45, 7) is 2.97. The highest BCUT2D eigenvalue weighted by molar-refractivity contribution is 5.95. The van der Waals surface area contributed by atoms with Gasteiger partial charge in [0.15, 0.2) is 19.0 Å². The molecule has 0 saturated heterocycles. The Labute approximate surface area is 181 Å². The average molecular weight is 419 g/mol. The van der Waals surface area contributed by atoms with E-state index in [0.717, 1.165) is 16.3 Å². The molecule has 6 heteroatoms. The van der Waals surface area contributed by atoms with Gasteiger partial charge in [-0.15, -0.1) is 0 Å². The van der Waals surface area contributed by atoms with E-state index in [1.54, 1.807) is 31.2 Å². The van der Waals surface area contributed by atoms with E-state index in [1.165, 1.54) is 0 Å². The zero-order valence-electron chi connectivity index (χ0n) is 17.6. The third-order valence-corrected chi connectivity index (χ3v) is 4.89. The Morgan fingerprint density at radius 3 is 2.35 bits per heavy atom. The minimum absolute atomic E-state index is 0.0368. The Kier molecular flexibility index (Phi) is 7.38. The van der Waals surface area contributed by atoms with Crippen LogP contribution in [0.3, 0.4) is 0 Å². The van der Waals surface area contributed by atoms with Crippen LogP contribution in [-0.4, -0.2) is 30.9 Å². The molecule has 0 heterocycles. The van der Waals surface area contributed by atoms with Crippen LogP contribution in [0.5, 0.6) is 5.75 Å². The number of fused-ring (bicyclic) bond motifs is 1. The lowest BCUT2D eigenvalue weighted by molar-refractivity contribution is -0.150. The van der Waals surface area contributed by atoms with Crippen LogP contribution in [0, 0.1) is 0 Å². The van der Waals surface area contributed by atoms with Crippen molar-refractivity contribution in [3.05, 3.63) is 77.9 Å². The molecule has 0 unspecified atom stereocenters. The van der Waals surface area contributed by atoms with Gasteiger partial charge in [0.25, 0.3) is 5.91 Å². The topological polar surface area (TPSA) is 81.7 Å². The first kappa shape index (κ1) is 22.0. The lowest BCUT2D eigenvalue weighted by Gasteiger charge is -2.16. The van der Waals surface area contributed by atoms with Crippen LogP contribution in [0.4, 0.5) is 0 Å². The Morgan fingerprint density at radius 1 is 0.903 bits per heavy atom. The van der Waals surface area contributed by atoms with Gasteiger partial charge >= 0.3 is 5.97 Å². The molecule has 0 fully saturated rings. The van der Waals surface area contributed by atoms with Crippen LogP contribution < -0.4 is 10.1 Å². The zero-order chi connectivity index (χ0) is 22.2. The summed E-state index contributed by atoms with van der Waals surface area (Å²) in [6.07, 6.45) is 0.424. The van der Waals surface area contributed by atoms with E-state index >= 15 is 0 Å². The van der Waals surface area contributed by atoms with Crippen molar-refractivity contribution >= 4 is 28.4 Å². The Bertz CT molecular complexity index is 1070. The number of carbonyl (C=O) groups excluding carboxylic acids is 3. The molecule has 160 valence electrons. The van der Waals surface area contributed by atoms with Gasteiger partial charge in [-0.25, -0.2) is 4.79 Å². The summed E-state index contributed by atoms with van der Waals surface area (Å²) < 4.78 is 10.3. The van der Waals surface area contributed by atoms with E-state index < -0.39 is 11.9 Å². The molecule has 0 aliphatic carbocycles. The summed E-state index contributed by atoms with van der Waals surface area (Å²) in [5.74, 6) is -0.564. The van der Waals surface area contributed by atoms with Crippen molar-refractivity contribution in [2.75, 3.05) is 13.2 Å². The van der Waals surface area contributed by atoms with Gasteiger partial charge in [-0.05, 0) is 47.5 Å². The van der Waals surface area contributed by atoms with Gasteiger partial charge in [-0.1, -0.05) is 49.4 Å². The normalized spacial score (nSPS) is 11.5. The summed E-state index contributed by atoms with van der Waals surface area (Å²) in [5, 5.41) is 5.01. The highest BCUT2D eigenvalue weighted by Crippen LogP contribution is 2.24. The zero-order valence-corrected chi connectivity index (χ0v) is 17.6. The third kappa shape index (κ3) is 5.92. The first-order chi connectivity index (χ1) is 15.0. The summed E-state index contributed by atoms with van der Waals surface area (Å²) >= 11 is 0. The summed E-state index contributed by atoms with van der Waals surface area (Å²) in [6, 6.07) is 20.2. The van der Waals surface area contributed by atoms with Crippen LogP contribution in [0.25, 0.3) is 10.8 Å². The van der Waals surface area contributed by atoms with Gasteiger partial charge in [-0.3, -0.25) is 9.59 Å². The number of rotatable bonds is 9. The van der Waals surface area contributed by atoms with E-state index in [4.69, 9.17) is 9.47 Å². The van der Waals surface area contributed by atoms with Gasteiger partial charge in [0.2, 0.25) is 0 Å². The molecule has 0 aliphatic rings. The number of nitrogens with one attached hydrogen (secondary N) is 1. The largest absolute Gasteiger partial charge is 0.482 e. The Morgan fingerprint density at radius 2 is 1.61 bits per heavy atom. The second-order valence-electron chi connectivity index (χ2n) is 7.11. The first-order valence-electron chi connectivity index (χ1n) is 10.2. The predicted octanol–water partition coefficient (Wildman–Crippen LogP) is 4.23. The average Bonchev–Trinajstić information content (AvgIpc) is 2.80. The van der Waals surface area contributed by atoms with Crippen LogP contribution in [0.2, 0.25) is 0 Å². The molecular weight excluding hydrogens is 394 g/mol. The molecule has 3 aromatic rings. The summed E-state index contributed by atoms with van der Waals surface area (Å²) in [4.78, 5) is 35.7. The van der Waals surface area contributed by atoms with E-state index in [2.05, 4.69) is 5.32 Å². The second-order valence-corrected chi connectivity index (χ2v) is 7.11. The Hall–Kier alpha value is -3.67. The third-order valence-electron chi connectivity index (χ3n) is 4.89. The van der Waals surface area contributed by atoms with Gasteiger partial charge in [-0.2, -0.15) is 0 Å². The van der Waals surface area contributed by atoms with Crippen molar-refractivity contribution in [3.63, 3.8) is 0 Å². The fourth-order valence-electron chi connectivity index (χ4n) is 3.26. The molecule has 31 heavy (non-hydrogen) atoms. The molecule has 0 saturated carbocycles. The summed E-state index contributed by atoms with van der Waals surface area (Å²) in [5.41, 5.74) is 1.58. The highest BCUT2D eigenvalue weighted by Gasteiger charge is 2.14. The van der Waals surface area contributed by atoms with Gasteiger partial charge < -0.3 is 14.8 Å². The number of carbonyl (C=O) groups is 3. The maximum Gasteiger partial charge on any atom is 0.344 e. The van der Waals surface area contributed by atoms with Crippen molar-refractivity contribution in [2.24, 2.45) is 0 Å². The van der Waals surface area contributed by atoms with Gasteiger partial charge in [0.05, 0.1) is 6.04 Å². The number of ketones is 1. The predicted molar refractivity (Wildman–Crippen MR) is 118 cm³/mol. The molecule has 6 nitrogen and oxygen atoms in total. The van der Waals surface area contributed by atoms with E-state index in [0.29, 0.717) is 17.7 Å². The van der Waals surface area contributed by atoms with Crippen molar-refractivity contribution in [1.29, 1.82) is 0 Å². The van der Waals surface area contributed by atoms with Crippen LogP contribution >= 0.6 is 0 Å². The Balaban J connectivity index is 1.45. The minimum atomic E-state index is -0.651. The summed E-state index contributed by atoms with van der Waals surface area (Å²) in [7, 11) is 0. The molecule has 1 N–H and O–H groups in total. The van der Waals surface area contributed by atoms with Crippen LogP contribution in [0.1, 0.15) is 42.2 Å². The van der Waals surface area contributed by atoms with Crippen molar-refractivity contribution in [2.45, 2.75) is 26.3 Å². The molecule has 0 radical (unpaired) electrons. The lowest BCUT2D eigenvalue weighted by atomic mass is 10.00. The molecule has 0 aliphatic heterocycles. The molecule has 1 atom stereocenters. The lowest BCUT2D eigenvalue weighted by Crippen LogP contribution is -2.32. The van der Waals surface area contributed by atoms with Crippen LogP contribution in [-0.2, 0) is 14.3 Å². The van der Waals surface area contributed by atoms with Gasteiger partial charge in [0, 0.05) is 12.0 Å². The number of esters is 1. The number of amides is 1. The molecule has 3 rings (SSSR count). The molecule has 0 bridgehead atoms. The smallest absolute Gasteiger partial charge is 0.344 e. The molecule has 1 amide bonds. The van der Waals surface area contributed by atoms with E-state index in [-0.39, 0.29) is 25.0 Å². The van der Waals surface area contributed by atoms with Gasteiger partial charge in [0.1, 0.15) is 5.75 Å². The number of Topliss-reactive ketones (excluding diaryl/α,β-unsaturated/α-hetero) is 1. The monoisotopic (exact) mass is 419 g/mol. The minimum Gasteiger partial charge on any atom is -0.482 e. The fourth-order valence-corrected chi connectivity index (χ4v) is 3.26. The quantitative estimate of drug-likeness (QED) is 0.415. The van der Waals surface area contributed by atoms with Crippen LogP contribution in [0.15, 0.2) is 66.7 Å². The second kappa shape index (κ2) is 10.4.